The van der Waals surface area contributed by atoms with Gasteiger partial charge in [0.1, 0.15) is 23.6 Å². The zero-order valence-corrected chi connectivity index (χ0v) is 19.9. The first-order valence-corrected chi connectivity index (χ1v) is 12.0. The van der Waals surface area contributed by atoms with Crippen LogP contribution in [0.4, 0.5) is 4.39 Å². The average Bonchev–Trinajstić information content (AvgIpc) is 3.26. The molecule has 4 rings (SSSR count). The van der Waals surface area contributed by atoms with Crippen LogP contribution < -0.4 is 19.8 Å². The number of ether oxygens (including phenoxy) is 3. The molecule has 1 unspecified atom stereocenters. The lowest BCUT2D eigenvalue weighted by molar-refractivity contribution is 0.387. The number of fused-ring (bicyclic) bond motifs is 1. The Bertz CT molecular complexity index is 1390. The van der Waals surface area contributed by atoms with Crippen molar-refractivity contribution in [2.75, 3.05) is 27.6 Å². The third-order valence-electron chi connectivity index (χ3n) is 4.99. The minimum Gasteiger partial charge on any atom is -0.610 e. The molecule has 2 aromatic heterocycles. The van der Waals surface area contributed by atoms with Crippen LogP contribution in [0.5, 0.6) is 17.2 Å². The van der Waals surface area contributed by atoms with E-state index in [0.29, 0.717) is 17.1 Å². The third kappa shape index (κ3) is 4.26. The molecule has 0 aliphatic carbocycles. The second kappa shape index (κ2) is 9.38. The number of methoxy groups -OCH3 is 3. The molecular formula is C22H20FN3O5S2. The van der Waals surface area contributed by atoms with Crippen LogP contribution in [-0.4, -0.2) is 46.7 Å². The molecule has 0 spiro atoms. The smallest absolute Gasteiger partial charge is 0.304 e. The van der Waals surface area contributed by atoms with E-state index in [4.69, 9.17) is 14.2 Å². The molecule has 0 radical (unpaired) electrons. The van der Waals surface area contributed by atoms with E-state index >= 15 is 4.39 Å². The van der Waals surface area contributed by atoms with Gasteiger partial charge in [0.25, 0.3) is 5.56 Å². The average molecular weight is 490 g/mol. The maximum atomic E-state index is 15.2. The fraction of sp³-hybridized carbons (Fsp3) is 0.227. The summed E-state index contributed by atoms with van der Waals surface area (Å²) in [5.74, 6) is 0.552. The van der Waals surface area contributed by atoms with E-state index < -0.39 is 22.6 Å². The maximum absolute atomic E-state index is 15.2. The summed E-state index contributed by atoms with van der Waals surface area (Å²) < 4.78 is 44.6. The normalized spacial score (nSPS) is 12.1. The Hall–Kier alpha value is -3.15. The van der Waals surface area contributed by atoms with Crippen molar-refractivity contribution in [2.45, 2.75) is 10.9 Å². The number of hydrogen-bond donors (Lipinski definition) is 0. The Morgan fingerprint density at radius 2 is 1.85 bits per heavy atom. The molecule has 0 aliphatic heterocycles. The highest BCUT2D eigenvalue weighted by Crippen LogP contribution is 2.32. The highest BCUT2D eigenvalue weighted by atomic mass is 32.2. The fourth-order valence-electron chi connectivity index (χ4n) is 3.36. The first-order valence-electron chi connectivity index (χ1n) is 9.66. The molecule has 2 heterocycles. The van der Waals surface area contributed by atoms with Gasteiger partial charge in [-0.2, -0.15) is 4.98 Å². The second-order valence-corrected chi connectivity index (χ2v) is 9.44. The molecule has 0 N–H and O–H groups in total. The molecule has 172 valence electrons. The van der Waals surface area contributed by atoms with Crippen molar-refractivity contribution in [1.29, 1.82) is 0 Å². The molecule has 0 aliphatic rings. The molecule has 2 aromatic carbocycles. The van der Waals surface area contributed by atoms with E-state index in [1.165, 1.54) is 44.3 Å². The molecule has 33 heavy (non-hydrogen) atoms. The lowest BCUT2D eigenvalue weighted by atomic mass is 10.1. The van der Waals surface area contributed by atoms with Gasteiger partial charge in [0, 0.05) is 22.8 Å². The summed E-state index contributed by atoms with van der Waals surface area (Å²) in [6.07, 6.45) is 1.47. The van der Waals surface area contributed by atoms with Crippen molar-refractivity contribution in [3.05, 3.63) is 58.1 Å². The molecule has 0 amide bonds. The summed E-state index contributed by atoms with van der Waals surface area (Å²) in [5.41, 5.74) is 0.335. The quantitative estimate of drug-likeness (QED) is 0.367. The van der Waals surface area contributed by atoms with Crippen LogP contribution in [-0.2, 0) is 17.7 Å². The maximum Gasteiger partial charge on any atom is 0.304 e. The largest absolute Gasteiger partial charge is 0.610 e. The molecule has 0 bridgehead atoms. The van der Waals surface area contributed by atoms with Gasteiger partial charge >= 0.3 is 4.34 Å². The Morgan fingerprint density at radius 1 is 1.09 bits per heavy atom. The SMILES string of the molecule is COc1ccc(Cn2c(-c3cccc(OC)c3F)nc3sc([S+](C)[O-])nc3c2=O)c(OC)c1. The number of halogens is 1. The third-order valence-corrected chi connectivity index (χ3v) is 7.27. The van der Waals surface area contributed by atoms with Gasteiger partial charge in [0.05, 0.1) is 33.4 Å². The Balaban J connectivity index is 1.99. The topological polar surface area (TPSA) is 98.5 Å². The van der Waals surface area contributed by atoms with Gasteiger partial charge < -0.3 is 18.8 Å². The summed E-state index contributed by atoms with van der Waals surface area (Å²) in [7, 11) is 4.41. The molecular weight excluding hydrogens is 469 g/mol. The van der Waals surface area contributed by atoms with Gasteiger partial charge in [0.2, 0.25) is 0 Å². The number of rotatable bonds is 7. The van der Waals surface area contributed by atoms with E-state index in [1.807, 2.05) is 0 Å². The van der Waals surface area contributed by atoms with Gasteiger partial charge in [-0.05, 0) is 35.6 Å². The standard InChI is InChI=1S/C22H20FN3O5S2/c1-29-13-9-8-12(16(10-13)31-3)11-26-19(14-6-5-7-15(30-2)17(14)23)25-20-18(21(26)27)24-22(32-20)33(4)28/h5-10H,11H2,1-4H3. The Labute approximate surface area is 195 Å². The van der Waals surface area contributed by atoms with Crippen LogP contribution in [0.2, 0.25) is 0 Å². The van der Waals surface area contributed by atoms with Gasteiger partial charge in [-0.3, -0.25) is 9.36 Å². The summed E-state index contributed by atoms with van der Waals surface area (Å²) in [6, 6.07) is 9.81. The number of thiazole rings is 1. The Kier molecular flexibility index (Phi) is 6.54. The number of hydrogen-bond acceptors (Lipinski definition) is 8. The first kappa shape index (κ1) is 23.0. The van der Waals surface area contributed by atoms with Crippen molar-refractivity contribution in [1.82, 2.24) is 14.5 Å². The van der Waals surface area contributed by atoms with Crippen LogP contribution in [0, 0.1) is 5.82 Å². The van der Waals surface area contributed by atoms with E-state index in [9.17, 15) is 9.35 Å². The van der Waals surface area contributed by atoms with Crippen molar-refractivity contribution < 1.29 is 23.2 Å². The highest BCUT2D eigenvalue weighted by Gasteiger charge is 2.23. The molecule has 0 fully saturated rings. The van der Waals surface area contributed by atoms with E-state index in [1.54, 1.807) is 24.3 Å². The Morgan fingerprint density at radius 3 is 2.52 bits per heavy atom. The lowest BCUT2D eigenvalue weighted by Crippen LogP contribution is -2.24. The number of nitrogens with zero attached hydrogens (tertiary/aromatic N) is 3. The van der Waals surface area contributed by atoms with Gasteiger partial charge in [-0.1, -0.05) is 6.07 Å². The molecule has 0 saturated heterocycles. The summed E-state index contributed by atoms with van der Waals surface area (Å²) in [4.78, 5) is 22.6. The number of aromatic nitrogens is 3. The predicted octanol–water partition coefficient (Wildman–Crippen LogP) is 3.47. The molecule has 0 saturated carbocycles. The van der Waals surface area contributed by atoms with Crippen LogP contribution in [0.15, 0.2) is 45.5 Å². The summed E-state index contributed by atoms with van der Waals surface area (Å²) in [5, 5.41) is 0. The first-order chi connectivity index (χ1) is 15.9. The fourth-order valence-corrected chi connectivity index (χ4v) is 4.95. The van der Waals surface area contributed by atoms with Crippen LogP contribution in [0.3, 0.4) is 0 Å². The van der Waals surface area contributed by atoms with Crippen LogP contribution >= 0.6 is 11.3 Å². The second-order valence-electron chi connectivity index (χ2n) is 6.91. The van der Waals surface area contributed by atoms with Crippen molar-refractivity contribution in [3.63, 3.8) is 0 Å². The number of benzene rings is 2. The summed E-state index contributed by atoms with van der Waals surface area (Å²) >= 11 is -0.351. The molecule has 8 nitrogen and oxygen atoms in total. The highest BCUT2D eigenvalue weighted by molar-refractivity contribution is 7.92. The minimum atomic E-state index is -1.39. The van der Waals surface area contributed by atoms with Gasteiger partial charge in [-0.25, -0.2) is 9.37 Å². The van der Waals surface area contributed by atoms with Crippen LogP contribution in [0.25, 0.3) is 21.7 Å². The van der Waals surface area contributed by atoms with Crippen molar-refractivity contribution in [3.8, 4) is 28.6 Å². The molecule has 11 heteroatoms. The van der Waals surface area contributed by atoms with Gasteiger partial charge in [0.15, 0.2) is 21.9 Å². The van der Waals surface area contributed by atoms with Crippen LogP contribution in [0.1, 0.15) is 5.56 Å². The van der Waals surface area contributed by atoms with Gasteiger partial charge in [-0.15, -0.1) is 0 Å². The summed E-state index contributed by atoms with van der Waals surface area (Å²) in [6.45, 7) is 0.0308. The van der Waals surface area contributed by atoms with Crippen molar-refractivity contribution >= 4 is 32.9 Å². The molecule has 4 aromatic rings. The zero-order chi connectivity index (χ0) is 23.7. The zero-order valence-electron chi connectivity index (χ0n) is 18.2. The van der Waals surface area contributed by atoms with E-state index in [0.717, 1.165) is 11.3 Å². The predicted molar refractivity (Wildman–Crippen MR) is 125 cm³/mol. The minimum absolute atomic E-state index is 0.0232. The monoisotopic (exact) mass is 489 g/mol. The van der Waals surface area contributed by atoms with Crippen molar-refractivity contribution in [2.24, 2.45) is 0 Å². The molecule has 1 atom stereocenters. The van der Waals surface area contributed by atoms with E-state index in [-0.39, 0.29) is 38.4 Å². The van der Waals surface area contributed by atoms with E-state index in [2.05, 4.69) is 9.97 Å². The lowest BCUT2D eigenvalue weighted by Gasteiger charge is -2.16.